The van der Waals surface area contributed by atoms with Gasteiger partial charge in [-0.2, -0.15) is 0 Å². The second-order valence-corrected chi connectivity index (χ2v) is 4.41. The summed E-state index contributed by atoms with van der Waals surface area (Å²) in [7, 11) is 0. The van der Waals surface area contributed by atoms with Crippen LogP contribution in [0.15, 0.2) is 30.3 Å². The lowest BCUT2D eigenvalue weighted by Crippen LogP contribution is -2.66. The third-order valence-corrected chi connectivity index (χ3v) is 3.21. The quantitative estimate of drug-likeness (QED) is 0.796. The first-order chi connectivity index (χ1) is 8.08. The van der Waals surface area contributed by atoms with E-state index in [1.807, 2.05) is 37.3 Å². The summed E-state index contributed by atoms with van der Waals surface area (Å²) in [5, 5.41) is 5.56. The second-order valence-electron chi connectivity index (χ2n) is 4.41. The van der Waals surface area contributed by atoms with E-state index < -0.39 is 11.6 Å². The highest BCUT2D eigenvalue weighted by Crippen LogP contribution is 2.24. The van der Waals surface area contributed by atoms with Crippen LogP contribution in [0.3, 0.4) is 0 Å². The monoisotopic (exact) mass is 232 g/mol. The van der Waals surface area contributed by atoms with Gasteiger partial charge < -0.3 is 10.6 Å². The molecular formula is C13H16N2O2. The van der Waals surface area contributed by atoms with Crippen molar-refractivity contribution < 1.29 is 9.59 Å². The van der Waals surface area contributed by atoms with Gasteiger partial charge in [-0.1, -0.05) is 37.3 Å². The average molecular weight is 232 g/mol. The van der Waals surface area contributed by atoms with Crippen LogP contribution in [0, 0.1) is 0 Å². The summed E-state index contributed by atoms with van der Waals surface area (Å²) in [5.74, 6) is -0.284. The molecule has 1 aromatic carbocycles. The predicted octanol–water partition coefficient (Wildman–Crippen LogP) is 0.926. The zero-order valence-corrected chi connectivity index (χ0v) is 9.99. The number of carbonyl (C=O) groups excluding carboxylic acids is 2. The van der Waals surface area contributed by atoms with Gasteiger partial charge >= 0.3 is 0 Å². The summed E-state index contributed by atoms with van der Waals surface area (Å²) in [5.41, 5.74) is -0.176. The van der Waals surface area contributed by atoms with Gasteiger partial charge in [0.2, 0.25) is 5.91 Å². The lowest BCUT2D eigenvalue weighted by molar-refractivity contribution is -0.141. The van der Waals surface area contributed by atoms with Gasteiger partial charge in [-0.25, -0.2) is 0 Å². The van der Waals surface area contributed by atoms with Crippen molar-refractivity contribution in [3.8, 4) is 0 Å². The predicted molar refractivity (Wildman–Crippen MR) is 64.2 cm³/mol. The van der Waals surface area contributed by atoms with Crippen LogP contribution in [0.4, 0.5) is 0 Å². The molecule has 1 fully saturated rings. The van der Waals surface area contributed by atoms with Gasteiger partial charge in [-0.3, -0.25) is 9.59 Å². The highest BCUT2D eigenvalue weighted by atomic mass is 16.2. The Labute approximate surface area is 100 Å². The summed E-state index contributed by atoms with van der Waals surface area (Å²) in [6.07, 6.45) is 0.600. The Balaban J connectivity index is 2.33. The normalized spacial score (nSPS) is 28.5. The topological polar surface area (TPSA) is 58.2 Å². The Hall–Kier alpha value is -1.84. The van der Waals surface area contributed by atoms with Crippen LogP contribution in [0.25, 0.3) is 0 Å². The first kappa shape index (κ1) is 11.6. The second kappa shape index (κ2) is 4.20. The third kappa shape index (κ3) is 1.90. The lowest BCUT2D eigenvalue weighted by Gasteiger charge is -2.37. The van der Waals surface area contributed by atoms with E-state index in [-0.39, 0.29) is 11.8 Å². The third-order valence-electron chi connectivity index (χ3n) is 3.21. The van der Waals surface area contributed by atoms with Gasteiger partial charge in [0.25, 0.3) is 5.91 Å². The molecule has 4 nitrogen and oxygen atoms in total. The number of hydrogen-bond acceptors (Lipinski definition) is 2. The highest BCUT2D eigenvalue weighted by molar-refractivity contribution is 6.00. The molecule has 90 valence electrons. The first-order valence-corrected chi connectivity index (χ1v) is 5.76. The Bertz CT molecular complexity index is 444. The summed E-state index contributed by atoms with van der Waals surface area (Å²) < 4.78 is 0. The summed E-state index contributed by atoms with van der Waals surface area (Å²) in [4.78, 5) is 23.9. The minimum atomic E-state index is -0.968. The van der Waals surface area contributed by atoms with Gasteiger partial charge in [-0.05, 0) is 18.9 Å². The molecule has 2 N–H and O–H groups in total. The molecule has 1 aliphatic heterocycles. The van der Waals surface area contributed by atoms with Crippen LogP contribution < -0.4 is 10.6 Å². The Morgan fingerprint density at radius 1 is 1.24 bits per heavy atom. The molecule has 0 saturated carbocycles. The van der Waals surface area contributed by atoms with Crippen molar-refractivity contribution in [3.05, 3.63) is 35.9 Å². The molecule has 0 radical (unpaired) electrons. The molecule has 1 heterocycles. The molecule has 0 aromatic heterocycles. The molecule has 1 aromatic rings. The Kier molecular flexibility index (Phi) is 2.88. The standard InChI is InChI=1S/C13H16N2O2/c1-3-10-11(16)15-13(2,12(17)14-10)9-7-5-4-6-8-9/h4-8,10H,3H2,1-2H3,(H,14,17)(H,15,16). The zero-order chi connectivity index (χ0) is 12.5. The number of benzene rings is 1. The maximum absolute atomic E-state index is 12.1. The van der Waals surface area contributed by atoms with E-state index in [1.54, 1.807) is 6.92 Å². The maximum atomic E-state index is 12.1. The molecule has 17 heavy (non-hydrogen) atoms. The number of hydrogen-bond donors (Lipinski definition) is 2. The van der Waals surface area contributed by atoms with E-state index in [0.29, 0.717) is 6.42 Å². The molecular weight excluding hydrogens is 216 g/mol. The van der Waals surface area contributed by atoms with Gasteiger partial charge in [0.15, 0.2) is 0 Å². The molecule has 0 spiro atoms. The van der Waals surface area contributed by atoms with Crippen LogP contribution in [0.1, 0.15) is 25.8 Å². The maximum Gasteiger partial charge on any atom is 0.250 e. The Morgan fingerprint density at radius 2 is 1.88 bits per heavy atom. The molecule has 2 atom stereocenters. The highest BCUT2D eigenvalue weighted by Gasteiger charge is 2.43. The van der Waals surface area contributed by atoms with Gasteiger partial charge in [-0.15, -0.1) is 0 Å². The molecule has 1 aliphatic rings. The van der Waals surface area contributed by atoms with Crippen LogP contribution in [0.2, 0.25) is 0 Å². The zero-order valence-electron chi connectivity index (χ0n) is 9.99. The molecule has 0 aliphatic carbocycles. The van der Waals surface area contributed by atoms with Gasteiger partial charge in [0, 0.05) is 0 Å². The lowest BCUT2D eigenvalue weighted by atomic mass is 9.88. The first-order valence-electron chi connectivity index (χ1n) is 5.76. The minimum absolute atomic E-state index is 0.126. The van der Waals surface area contributed by atoms with Gasteiger partial charge in [0.1, 0.15) is 11.6 Å². The Morgan fingerprint density at radius 3 is 2.47 bits per heavy atom. The van der Waals surface area contributed by atoms with E-state index in [1.165, 1.54) is 0 Å². The van der Waals surface area contributed by atoms with E-state index in [4.69, 9.17) is 0 Å². The fraction of sp³-hybridized carbons (Fsp3) is 0.385. The minimum Gasteiger partial charge on any atom is -0.342 e. The summed E-state index contributed by atoms with van der Waals surface area (Å²) in [6, 6.07) is 8.85. The molecule has 2 rings (SSSR count). The smallest absolute Gasteiger partial charge is 0.250 e. The summed E-state index contributed by atoms with van der Waals surface area (Å²) in [6.45, 7) is 3.59. The number of rotatable bonds is 2. The van der Waals surface area contributed by atoms with Crippen molar-refractivity contribution in [3.63, 3.8) is 0 Å². The number of nitrogens with one attached hydrogen (secondary N) is 2. The van der Waals surface area contributed by atoms with Crippen molar-refractivity contribution in [1.82, 2.24) is 10.6 Å². The largest absolute Gasteiger partial charge is 0.342 e. The number of piperazine rings is 1. The number of carbonyl (C=O) groups is 2. The SMILES string of the molecule is CCC1NC(=O)C(C)(c2ccccc2)NC1=O. The number of amides is 2. The van der Waals surface area contributed by atoms with Crippen molar-refractivity contribution in [1.29, 1.82) is 0 Å². The van der Waals surface area contributed by atoms with Crippen LogP contribution in [-0.2, 0) is 15.1 Å². The summed E-state index contributed by atoms with van der Waals surface area (Å²) >= 11 is 0. The molecule has 2 amide bonds. The van der Waals surface area contributed by atoms with Gasteiger partial charge in [0.05, 0.1) is 0 Å². The van der Waals surface area contributed by atoms with E-state index in [0.717, 1.165) is 5.56 Å². The van der Waals surface area contributed by atoms with Crippen LogP contribution in [0.5, 0.6) is 0 Å². The van der Waals surface area contributed by atoms with E-state index in [9.17, 15) is 9.59 Å². The van der Waals surface area contributed by atoms with Crippen molar-refractivity contribution in [2.75, 3.05) is 0 Å². The van der Waals surface area contributed by atoms with Crippen molar-refractivity contribution in [2.24, 2.45) is 0 Å². The fourth-order valence-electron chi connectivity index (χ4n) is 2.02. The molecule has 4 heteroatoms. The van der Waals surface area contributed by atoms with Crippen LogP contribution in [-0.4, -0.2) is 17.9 Å². The molecule has 1 saturated heterocycles. The fourth-order valence-corrected chi connectivity index (χ4v) is 2.02. The van der Waals surface area contributed by atoms with Crippen LogP contribution >= 0.6 is 0 Å². The van der Waals surface area contributed by atoms with Crippen molar-refractivity contribution in [2.45, 2.75) is 31.8 Å². The van der Waals surface area contributed by atoms with E-state index >= 15 is 0 Å². The molecule has 0 bridgehead atoms. The average Bonchev–Trinajstić information content (AvgIpc) is 2.35. The molecule has 2 unspecified atom stereocenters. The van der Waals surface area contributed by atoms with Crippen molar-refractivity contribution >= 4 is 11.8 Å². The van der Waals surface area contributed by atoms with E-state index in [2.05, 4.69) is 10.6 Å².